The SMILES string of the molecule is CCc1ccc(/C=N/NC(=O)c2ccc(C)c(C)c2)s1. The molecule has 0 saturated heterocycles. The molecule has 2 rings (SSSR count). The Morgan fingerprint density at radius 1 is 1.25 bits per heavy atom. The van der Waals surface area contributed by atoms with Gasteiger partial charge >= 0.3 is 0 Å². The fraction of sp³-hybridized carbons (Fsp3) is 0.250. The van der Waals surface area contributed by atoms with E-state index in [1.165, 1.54) is 10.4 Å². The van der Waals surface area contributed by atoms with E-state index < -0.39 is 0 Å². The largest absolute Gasteiger partial charge is 0.271 e. The van der Waals surface area contributed by atoms with Crippen molar-refractivity contribution < 1.29 is 4.79 Å². The summed E-state index contributed by atoms with van der Waals surface area (Å²) < 4.78 is 0. The Hall–Kier alpha value is -1.94. The molecule has 4 heteroatoms. The number of thiophene rings is 1. The molecule has 0 bridgehead atoms. The molecule has 1 aromatic carbocycles. The first kappa shape index (κ1) is 14.5. The molecular weight excluding hydrogens is 268 g/mol. The Balaban J connectivity index is 1.99. The number of benzene rings is 1. The van der Waals surface area contributed by atoms with Gasteiger partial charge in [-0.1, -0.05) is 13.0 Å². The van der Waals surface area contributed by atoms with Crippen LogP contribution in [0.15, 0.2) is 35.4 Å². The molecule has 1 N–H and O–H groups in total. The number of amides is 1. The Morgan fingerprint density at radius 2 is 2.05 bits per heavy atom. The maximum Gasteiger partial charge on any atom is 0.271 e. The van der Waals surface area contributed by atoms with Gasteiger partial charge in [-0.2, -0.15) is 5.10 Å². The molecule has 1 amide bonds. The van der Waals surface area contributed by atoms with Gasteiger partial charge < -0.3 is 0 Å². The van der Waals surface area contributed by atoms with Crippen LogP contribution in [0, 0.1) is 13.8 Å². The Morgan fingerprint density at radius 3 is 2.70 bits per heavy atom. The molecule has 0 spiro atoms. The molecule has 20 heavy (non-hydrogen) atoms. The van der Waals surface area contributed by atoms with Crippen LogP contribution in [0.5, 0.6) is 0 Å². The van der Waals surface area contributed by atoms with Crippen molar-refractivity contribution in [1.82, 2.24) is 5.43 Å². The van der Waals surface area contributed by atoms with E-state index in [0.29, 0.717) is 5.56 Å². The zero-order valence-corrected chi connectivity index (χ0v) is 12.8. The highest BCUT2D eigenvalue weighted by Crippen LogP contribution is 2.14. The number of rotatable bonds is 4. The van der Waals surface area contributed by atoms with Crippen LogP contribution in [0.2, 0.25) is 0 Å². The number of hydrogen-bond donors (Lipinski definition) is 1. The fourth-order valence-corrected chi connectivity index (χ4v) is 2.58. The van der Waals surface area contributed by atoms with Crippen molar-refractivity contribution in [3.8, 4) is 0 Å². The highest BCUT2D eigenvalue weighted by atomic mass is 32.1. The molecule has 3 nitrogen and oxygen atoms in total. The lowest BCUT2D eigenvalue weighted by Crippen LogP contribution is -2.17. The molecule has 0 atom stereocenters. The van der Waals surface area contributed by atoms with E-state index in [-0.39, 0.29) is 5.91 Å². The highest BCUT2D eigenvalue weighted by molar-refractivity contribution is 7.13. The summed E-state index contributed by atoms with van der Waals surface area (Å²) in [7, 11) is 0. The van der Waals surface area contributed by atoms with Crippen LogP contribution < -0.4 is 5.43 Å². The van der Waals surface area contributed by atoms with Crippen molar-refractivity contribution in [2.75, 3.05) is 0 Å². The fourth-order valence-electron chi connectivity index (χ4n) is 1.76. The number of hydrogen-bond acceptors (Lipinski definition) is 3. The minimum atomic E-state index is -0.184. The third kappa shape index (κ3) is 3.54. The highest BCUT2D eigenvalue weighted by Gasteiger charge is 2.05. The zero-order valence-electron chi connectivity index (χ0n) is 11.9. The van der Waals surface area contributed by atoms with Crippen LogP contribution in [0.3, 0.4) is 0 Å². The summed E-state index contributed by atoms with van der Waals surface area (Å²) in [5, 5.41) is 4.00. The topological polar surface area (TPSA) is 41.5 Å². The van der Waals surface area contributed by atoms with Crippen LogP contribution in [-0.2, 0) is 6.42 Å². The number of carbonyl (C=O) groups is 1. The van der Waals surface area contributed by atoms with Gasteiger partial charge in [0.25, 0.3) is 5.91 Å². The average Bonchev–Trinajstić information content (AvgIpc) is 2.89. The number of nitrogens with one attached hydrogen (secondary N) is 1. The van der Waals surface area contributed by atoms with E-state index in [4.69, 9.17) is 0 Å². The van der Waals surface area contributed by atoms with E-state index in [2.05, 4.69) is 23.5 Å². The number of nitrogens with zero attached hydrogens (tertiary/aromatic N) is 1. The van der Waals surface area contributed by atoms with Crippen molar-refractivity contribution in [2.45, 2.75) is 27.2 Å². The van der Waals surface area contributed by atoms with E-state index in [1.54, 1.807) is 17.6 Å². The monoisotopic (exact) mass is 286 g/mol. The summed E-state index contributed by atoms with van der Waals surface area (Å²) in [6.45, 7) is 6.14. The van der Waals surface area contributed by atoms with Gasteiger partial charge in [0.2, 0.25) is 0 Å². The third-order valence-corrected chi connectivity index (χ3v) is 4.32. The molecule has 104 valence electrons. The third-order valence-electron chi connectivity index (χ3n) is 3.16. The van der Waals surface area contributed by atoms with Crippen molar-refractivity contribution in [3.05, 3.63) is 56.8 Å². The van der Waals surface area contributed by atoms with Crippen molar-refractivity contribution in [2.24, 2.45) is 5.10 Å². The molecule has 2 aromatic rings. The molecule has 1 aromatic heterocycles. The maximum atomic E-state index is 11.9. The smallest absolute Gasteiger partial charge is 0.267 e. The number of aryl methyl sites for hydroxylation is 3. The van der Waals surface area contributed by atoms with Crippen molar-refractivity contribution >= 4 is 23.5 Å². The normalized spacial score (nSPS) is 10.9. The lowest BCUT2D eigenvalue weighted by Gasteiger charge is -2.03. The second-order valence-electron chi connectivity index (χ2n) is 4.66. The van der Waals surface area contributed by atoms with Gasteiger partial charge in [-0.15, -0.1) is 11.3 Å². The van der Waals surface area contributed by atoms with Gasteiger partial charge in [0.05, 0.1) is 6.21 Å². The number of carbonyl (C=O) groups excluding carboxylic acids is 1. The lowest BCUT2D eigenvalue weighted by molar-refractivity contribution is 0.0955. The lowest BCUT2D eigenvalue weighted by atomic mass is 10.1. The van der Waals surface area contributed by atoms with E-state index in [1.807, 2.05) is 38.1 Å². The van der Waals surface area contributed by atoms with Gasteiger partial charge in [-0.25, -0.2) is 5.43 Å². The first-order valence-electron chi connectivity index (χ1n) is 6.59. The standard InChI is InChI=1S/C16H18N2OS/c1-4-14-7-8-15(20-14)10-17-18-16(19)13-6-5-11(2)12(3)9-13/h5-10H,4H2,1-3H3,(H,18,19)/b17-10+. The van der Waals surface area contributed by atoms with E-state index in [0.717, 1.165) is 16.9 Å². The summed E-state index contributed by atoms with van der Waals surface area (Å²) >= 11 is 1.68. The zero-order chi connectivity index (χ0) is 14.5. The summed E-state index contributed by atoms with van der Waals surface area (Å²) in [4.78, 5) is 14.3. The first-order chi connectivity index (χ1) is 9.60. The average molecular weight is 286 g/mol. The molecule has 1 heterocycles. The molecule has 0 unspecified atom stereocenters. The van der Waals surface area contributed by atoms with Gasteiger partial charge in [0.15, 0.2) is 0 Å². The van der Waals surface area contributed by atoms with Gasteiger partial charge in [-0.05, 0) is 55.7 Å². The van der Waals surface area contributed by atoms with Gasteiger partial charge in [0.1, 0.15) is 0 Å². The van der Waals surface area contributed by atoms with E-state index in [9.17, 15) is 4.79 Å². The quantitative estimate of drug-likeness (QED) is 0.676. The summed E-state index contributed by atoms with van der Waals surface area (Å²) in [6.07, 6.45) is 2.70. The van der Waals surface area contributed by atoms with Crippen LogP contribution in [0.1, 0.15) is 38.2 Å². The summed E-state index contributed by atoms with van der Waals surface area (Å²) in [5.74, 6) is -0.184. The van der Waals surface area contributed by atoms with Crippen LogP contribution in [0.4, 0.5) is 0 Å². The molecule has 0 radical (unpaired) electrons. The first-order valence-corrected chi connectivity index (χ1v) is 7.41. The van der Waals surface area contributed by atoms with Gasteiger partial charge in [0, 0.05) is 15.3 Å². The Kier molecular flexibility index (Phi) is 4.69. The molecule has 0 aliphatic heterocycles. The minimum absolute atomic E-state index is 0.184. The van der Waals surface area contributed by atoms with Crippen LogP contribution in [0.25, 0.3) is 0 Å². The van der Waals surface area contributed by atoms with Crippen LogP contribution >= 0.6 is 11.3 Å². The summed E-state index contributed by atoms with van der Waals surface area (Å²) in [5.41, 5.74) is 5.47. The predicted octanol–water partition coefficient (Wildman–Crippen LogP) is 3.69. The minimum Gasteiger partial charge on any atom is -0.267 e. The Labute approximate surface area is 123 Å². The second kappa shape index (κ2) is 6.48. The van der Waals surface area contributed by atoms with Gasteiger partial charge in [-0.3, -0.25) is 4.79 Å². The molecule has 0 fully saturated rings. The molecular formula is C16H18N2OS. The molecule has 0 saturated carbocycles. The molecule has 0 aliphatic rings. The second-order valence-corrected chi connectivity index (χ2v) is 5.86. The predicted molar refractivity (Wildman–Crippen MR) is 84.7 cm³/mol. The van der Waals surface area contributed by atoms with Crippen LogP contribution in [-0.4, -0.2) is 12.1 Å². The summed E-state index contributed by atoms with van der Waals surface area (Å²) in [6, 6.07) is 9.72. The van der Waals surface area contributed by atoms with Crippen molar-refractivity contribution in [3.63, 3.8) is 0 Å². The van der Waals surface area contributed by atoms with Crippen molar-refractivity contribution in [1.29, 1.82) is 0 Å². The number of hydrazone groups is 1. The maximum absolute atomic E-state index is 11.9. The Bertz CT molecular complexity index is 644. The van der Waals surface area contributed by atoms with E-state index >= 15 is 0 Å². The molecule has 0 aliphatic carbocycles.